The molecule has 1 heterocycles. The summed E-state index contributed by atoms with van der Waals surface area (Å²) in [5, 5.41) is 35.9. The molecule has 2 aromatic rings. The van der Waals surface area contributed by atoms with E-state index >= 15 is 0 Å². The minimum atomic E-state index is -2.60. The van der Waals surface area contributed by atoms with Crippen LogP contribution in [0.4, 0.5) is 0 Å². The zero-order chi connectivity index (χ0) is 36.8. The van der Waals surface area contributed by atoms with E-state index in [1.807, 2.05) is 6.07 Å². The van der Waals surface area contributed by atoms with Crippen LogP contribution in [0, 0.1) is 17.3 Å². The number of benzene rings is 2. The van der Waals surface area contributed by atoms with E-state index in [4.69, 9.17) is 23.7 Å². The summed E-state index contributed by atoms with van der Waals surface area (Å²) in [5.74, 6) is -6.14. The van der Waals surface area contributed by atoms with Crippen LogP contribution in [0.1, 0.15) is 52.7 Å². The maximum absolute atomic E-state index is 14.9. The SMILES string of the molecule is C=C1C(OCc2ccccc2)C(O)C(=O)C(C)(C)C2OC2C(C)C(=O)C2(OC(C)=O)C(C1OCc1ccccc1)C(OC(C)=O)C(C)(O)C2O. The van der Waals surface area contributed by atoms with Crippen molar-refractivity contribution in [2.75, 3.05) is 0 Å². The van der Waals surface area contributed by atoms with Crippen molar-refractivity contribution in [3.8, 4) is 0 Å². The molecular weight excluding hydrogens is 648 g/mol. The molecule has 11 atom stereocenters. The monoisotopic (exact) mass is 694 g/mol. The van der Waals surface area contributed by atoms with E-state index < -0.39 is 94.7 Å². The molecule has 50 heavy (non-hydrogen) atoms. The van der Waals surface area contributed by atoms with Crippen LogP contribution >= 0.6 is 0 Å². The fourth-order valence-corrected chi connectivity index (χ4v) is 7.60. The van der Waals surface area contributed by atoms with Gasteiger partial charge in [-0.05, 0) is 23.6 Å². The molecule has 2 aromatic carbocycles. The molecule has 5 rings (SSSR count). The van der Waals surface area contributed by atoms with Gasteiger partial charge in [-0.15, -0.1) is 0 Å². The molecule has 3 fully saturated rings. The van der Waals surface area contributed by atoms with Crippen molar-refractivity contribution >= 4 is 23.5 Å². The first-order valence-corrected chi connectivity index (χ1v) is 16.6. The number of hydrogen-bond acceptors (Lipinski definition) is 12. The zero-order valence-electron chi connectivity index (χ0n) is 29.1. The Bertz CT molecular complexity index is 1600. The average Bonchev–Trinajstić information content (AvgIpc) is 3.87. The van der Waals surface area contributed by atoms with Crippen molar-refractivity contribution in [2.45, 2.75) is 109 Å². The molecule has 0 aromatic heterocycles. The molecule has 0 amide bonds. The van der Waals surface area contributed by atoms with Gasteiger partial charge < -0.3 is 39.0 Å². The van der Waals surface area contributed by atoms with E-state index in [1.54, 1.807) is 68.4 Å². The molecule has 0 bridgehead atoms. The van der Waals surface area contributed by atoms with E-state index in [-0.39, 0.29) is 18.8 Å². The number of carbonyl (C=O) groups excluding carboxylic acids is 4. The third kappa shape index (κ3) is 6.68. The lowest BCUT2D eigenvalue weighted by molar-refractivity contribution is -0.198. The lowest BCUT2D eigenvalue weighted by Crippen LogP contribution is -2.63. The Morgan fingerprint density at radius 3 is 1.86 bits per heavy atom. The van der Waals surface area contributed by atoms with Crippen LogP contribution in [0.25, 0.3) is 0 Å². The van der Waals surface area contributed by atoms with Gasteiger partial charge in [0.25, 0.3) is 0 Å². The van der Waals surface area contributed by atoms with E-state index in [0.717, 1.165) is 20.8 Å². The molecule has 12 heteroatoms. The van der Waals surface area contributed by atoms with Gasteiger partial charge in [-0.25, -0.2) is 0 Å². The second-order valence-electron chi connectivity index (χ2n) is 14.3. The number of hydrogen-bond donors (Lipinski definition) is 3. The largest absolute Gasteiger partial charge is 0.459 e. The molecule has 11 unspecified atom stereocenters. The van der Waals surface area contributed by atoms with Gasteiger partial charge in [-0.2, -0.15) is 0 Å². The predicted octanol–water partition coefficient (Wildman–Crippen LogP) is 2.63. The maximum atomic E-state index is 14.9. The molecule has 3 N–H and O–H groups in total. The summed E-state index contributed by atoms with van der Waals surface area (Å²) in [7, 11) is 0. The number of esters is 2. The number of aliphatic hydroxyl groups is 3. The van der Waals surface area contributed by atoms with Gasteiger partial charge in [0.05, 0.1) is 42.9 Å². The van der Waals surface area contributed by atoms with E-state index in [9.17, 15) is 34.5 Å². The highest BCUT2D eigenvalue weighted by molar-refractivity contribution is 5.95. The van der Waals surface area contributed by atoms with Crippen LogP contribution in [0.15, 0.2) is 72.8 Å². The van der Waals surface area contributed by atoms with Gasteiger partial charge >= 0.3 is 11.9 Å². The topological polar surface area (TPSA) is 178 Å². The second-order valence-corrected chi connectivity index (χ2v) is 14.3. The lowest BCUT2D eigenvalue weighted by Gasteiger charge is -2.43. The molecule has 1 aliphatic heterocycles. The first-order chi connectivity index (χ1) is 23.5. The molecule has 1 saturated heterocycles. The van der Waals surface area contributed by atoms with Gasteiger partial charge in [0.2, 0.25) is 5.60 Å². The zero-order valence-corrected chi connectivity index (χ0v) is 29.1. The summed E-state index contributed by atoms with van der Waals surface area (Å²) in [4.78, 5) is 54.7. The summed E-state index contributed by atoms with van der Waals surface area (Å²) in [5.41, 5.74) is -5.07. The average molecular weight is 695 g/mol. The van der Waals surface area contributed by atoms with E-state index in [2.05, 4.69) is 6.58 Å². The van der Waals surface area contributed by atoms with E-state index in [0.29, 0.717) is 11.1 Å². The number of rotatable bonds is 8. The van der Waals surface area contributed by atoms with Gasteiger partial charge in [0.15, 0.2) is 11.6 Å². The van der Waals surface area contributed by atoms with Crippen molar-refractivity contribution in [2.24, 2.45) is 17.3 Å². The van der Waals surface area contributed by atoms with Crippen LogP contribution < -0.4 is 0 Å². The Morgan fingerprint density at radius 1 is 0.840 bits per heavy atom. The molecule has 0 radical (unpaired) electrons. The summed E-state index contributed by atoms with van der Waals surface area (Å²) >= 11 is 0. The van der Waals surface area contributed by atoms with Gasteiger partial charge in [0, 0.05) is 19.8 Å². The summed E-state index contributed by atoms with van der Waals surface area (Å²) in [6, 6.07) is 17.9. The molecule has 3 aliphatic rings. The third-order valence-electron chi connectivity index (χ3n) is 10.3. The molecule has 0 spiro atoms. The normalized spacial score (nSPS) is 36.7. The minimum absolute atomic E-state index is 0.0906. The van der Waals surface area contributed by atoms with Crippen LogP contribution in [0.3, 0.4) is 0 Å². The van der Waals surface area contributed by atoms with Gasteiger partial charge in [-0.3, -0.25) is 19.2 Å². The van der Waals surface area contributed by atoms with Crippen LogP contribution in [0.5, 0.6) is 0 Å². The van der Waals surface area contributed by atoms with Crippen molar-refractivity contribution in [1.82, 2.24) is 0 Å². The molecule has 2 saturated carbocycles. The number of ketones is 2. The number of ether oxygens (including phenoxy) is 5. The maximum Gasteiger partial charge on any atom is 0.303 e. The summed E-state index contributed by atoms with van der Waals surface area (Å²) in [6.45, 7) is 12.0. The van der Waals surface area contributed by atoms with Crippen molar-refractivity contribution < 1.29 is 58.2 Å². The third-order valence-corrected chi connectivity index (χ3v) is 10.3. The molecule has 12 nitrogen and oxygen atoms in total. The highest BCUT2D eigenvalue weighted by atomic mass is 16.6. The fraction of sp³-hybridized carbons (Fsp3) is 0.526. The molecule has 2 aliphatic carbocycles. The Balaban J connectivity index is 1.76. The van der Waals surface area contributed by atoms with Crippen LogP contribution in [-0.4, -0.2) is 92.8 Å². The molecular formula is C38H46O12. The van der Waals surface area contributed by atoms with Crippen LogP contribution in [-0.2, 0) is 56.1 Å². The predicted molar refractivity (Wildman–Crippen MR) is 177 cm³/mol. The highest BCUT2D eigenvalue weighted by Gasteiger charge is 2.76. The number of epoxide rings is 1. The van der Waals surface area contributed by atoms with Crippen LogP contribution in [0.2, 0.25) is 0 Å². The highest BCUT2D eigenvalue weighted by Crippen LogP contribution is 2.55. The van der Waals surface area contributed by atoms with Crippen molar-refractivity contribution in [3.05, 3.63) is 83.9 Å². The molecule has 270 valence electrons. The first kappa shape index (κ1) is 37.5. The quantitative estimate of drug-likeness (QED) is 0.209. The number of aliphatic hydroxyl groups excluding tert-OH is 2. The smallest absolute Gasteiger partial charge is 0.303 e. The first-order valence-electron chi connectivity index (χ1n) is 16.6. The summed E-state index contributed by atoms with van der Waals surface area (Å²) in [6.07, 6.45) is -10.6. The Morgan fingerprint density at radius 2 is 1.36 bits per heavy atom. The number of Topliss-reactive ketones (excluding diaryl/α,β-unsaturated/α-hetero) is 2. The minimum Gasteiger partial charge on any atom is -0.459 e. The van der Waals surface area contributed by atoms with Crippen molar-refractivity contribution in [3.63, 3.8) is 0 Å². The number of carbonyl (C=O) groups is 4. The van der Waals surface area contributed by atoms with Crippen molar-refractivity contribution in [1.29, 1.82) is 0 Å². The number of fused-ring (bicyclic) bond motifs is 2. The van der Waals surface area contributed by atoms with Gasteiger partial charge in [0.1, 0.15) is 30.0 Å². The second kappa shape index (κ2) is 14.1. The van der Waals surface area contributed by atoms with Gasteiger partial charge in [-0.1, -0.05) is 88.0 Å². The standard InChI is InChI=1S/C38H46O12/c1-20-28(46-18-24-14-10-8-11-15-24)26-33(48-22(3)39)37(7,45)35(44)38(26,50-23(4)40)31(42)21(2)30-34(49-30)36(5,6)32(43)27(41)29(20)47-19-25-16-12-9-13-17-25/h8-17,21,26-30,33-35,41,44-45H,1,18-19H2,2-7H3. The lowest BCUT2D eigenvalue weighted by atomic mass is 9.70. The fourth-order valence-electron chi connectivity index (χ4n) is 7.60. The van der Waals surface area contributed by atoms with E-state index in [1.165, 1.54) is 6.92 Å². The Hall–Kier alpha value is -3.78. The Kier molecular flexibility index (Phi) is 10.6. The Labute approximate surface area is 291 Å². The summed E-state index contributed by atoms with van der Waals surface area (Å²) < 4.78 is 30.3.